The summed E-state index contributed by atoms with van der Waals surface area (Å²) in [5.41, 5.74) is 5.19. The van der Waals surface area contributed by atoms with Crippen LogP contribution in [0.5, 0.6) is 0 Å². The number of amides is 1. The fraction of sp³-hybridized carbons (Fsp3) is 0.286. The van der Waals surface area contributed by atoms with Gasteiger partial charge < -0.3 is 35.6 Å². The molecule has 238 valence electrons. The molecule has 6 rings (SSSR count). The summed E-state index contributed by atoms with van der Waals surface area (Å²) in [5.74, 6) is 0.293. The number of benzene rings is 3. The van der Waals surface area contributed by atoms with Gasteiger partial charge in [-0.15, -0.1) is 0 Å². The first-order valence-corrected chi connectivity index (χ1v) is 15.6. The van der Waals surface area contributed by atoms with Crippen LogP contribution < -0.4 is 25.8 Å². The van der Waals surface area contributed by atoms with Crippen molar-refractivity contribution in [2.75, 3.05) is 92.2 Å². The number of rotatable bonds is 9. The predicted octanol–water partition coefficient (Wildman–Crippen LogP) is 5.40. The van der Waals surface area contributed by atoms with Gasteiger partial charge in [-0.3, -0.25) is 4.79 Å². The number of aromatic nitrogens is 2. The second kappa shape index (κ2) is 14.0. The van der Waals surface area contributed by atoms with Crippen LogP contribution in [0.4, 0.5) is 44.6 Å². The van der Waals surface area contributed by atoms with Crippen LogP contribution in [0.1, 0.15) is 0 Å². The Kier molecular flexibility index (Phi) is 9.41. The second-order valence-electron chi connectivity index (χ2n) is 11.8. The quantitative estimate of drug-likeness (QED) is 0.213. The minimum absolute atomic E-state index is 0.284. The molecular formula is C35H40FN9O. The van der Waals surface area contributed by atoms with E-state index in [4.69, 9.17) is 9.97 Å². The highest BCUT2D eigenvalue weighted by Gasteiger charge is 2.18. The summed E-state index contributed by atoms with van der Waals surface area (Å²) in [5, 5.41) is 9.48. The summed E-state index contributed by atoms with van der Waals surface area (Å²) in [6, 6.07) is 22.7. The number of halogens is 1. The Balaban J connectivity index is 1.29. The molecule has 0 unspecified atom stereocenters. The van der Waals surface area contributed by atoms with Crippen molar-refractivity contribution in [3.05, 3.63) is 91.3 Å². The van der Waals surface area contributed by atoms with Gasteiger partial charge in [-0.25, -0.2) is 9.37 Å². The van der Waals surface area contributed by atoms with E-state index in [0.29, 0.717) is 34.5 Å². The number of likely N-dealkylation sites (N-methyl/N-ethyl adjacent to an activating group) is 2. The van der Waals surface area contributed by atoms with Crippen LogP contribution in [-0.2, 0) is 4.79 Å². The summed E-state index contributed by atoms with van der Waals surface area (Å²) in [7, 11) is 4.22. The topological polar surface area (TPSA) is 91.9 Å². The number of carbonyl (C=O) groups excluding carboxylic acids is 1. The van der Waals surface area contributed by atoms with Crippen molar-refractivity contribution in [2.24, 2.45) is 0 Å². The standard InChI is InChI=1S/C35H40FN9O/c1-4-34(46)38-26-8-5-7-25(21-26)31-24-33(37-28-11-12-32(30(36)23-28)45-19-15-43(3)16-20-45)41-35(40-31)39-27-9-6-10-29(22-27)44-17-13-42(2)14-18-44/h4-12,21-24H,1,13-20H2,2-3H3,(H,38,46)(H2,37,39,40,41). The SMILES string of the molecule is C=CC(=O)Nc1cccc(-c2cc(Nc3ccc(N4CCN(C)CC4)c(F)c3)nc(Nc3cccc(N4CCN(C)CC4)c3)n2)c1. The lowest BCUT2D eigenvalue weighted by Gasteiger charge is -2.34. The van der Waals surface area contributed by atoms with Crippen molar-refractivity contribution in [3.8, 4) is 11.3 Å². The van der Waals surface area contributed by atoms with Gasteiger partial charge in [-0.05, 0) is 68.7 Å². The fourth-order valence-electron chi connectivity index (χ4n) is 5.68. The van der Waals surface area contributed by atoms with Crippen LogP contribution in [0, 0.1) is 5.82 Å². The zero-order valence-electron chi connectivity index (χ0n) is 26.3. The minimum atomic E-state index is -0.299. The average molecular weight is 622 g/mol. The number of nitrogens with one attached hydrogen (secondary N) is 3. The van der Waals surface area contributed by atoms with Gasteiger partial charge in [-0.2, -0.15) is 4.98 Å². The summed E-state index contributed by atoms with van der Waals surface area (Å²) in [4.78, 5) is 30.6. The van der Waals surface area contributed by atoms with Gasteiger partial charge in [0, 0.05) is 86.7 Å². The highest BCUT2D eigenvalue weighted by molar-refractivity contribution is 5.99. The summed E-state index contributed by atoms with van der Waals surface area (Å²) in [6.45, 7) is 10.9. The Bertz CT molecular complexity index is 1700. The molecule has 1 aromatic heterocycles. The number of hydrogen-bond donors (Lipinski definition) is 3. The van der Waals surface area contributed by atoms with Gasteiger partial charge in [0.15, 0.2) is 0 Å². The maximum Gasteiger partial charge on any atom is 0.247 e. The van der Waals surface area contributed by atoms with E-state index >= 15 is 4.39 Å². The van der Waals surface area contributed by atoms with E-state index in [1.54, 1.807) is 6.07 Å². The van der Waals surface area contributed by atoms with Crippen molar-refractivity contribution >= 4 is 46.1 Å². The Morgan fingerprint density at radius 2 is 1.43 bits per heavy atom. The second-order valence-corrected chi connectivity index (χ2v) is 11.8. The number of piperazine rings is 2. The molecule has 3 N–H and O–H groups in total. The molecule has 3 aromatic carbocycles. The smallest absolute Gasteiger partial charge is 0.247 e. The zero-order chi connectivity index (χ0) is 32.0. The van der Waals surface area contributed by atoms with Gasteiger partial charge in [-0.1, -0.05) is 24.8 Å². The first kappa shape index (κ1) is 31.0. The highest BCUT2D eigenvalue weighted by Crippen LogP contribution is 2.30. The van der Waals surface area contributed by atoms with Gasteiger partial charge >= 0.3 is 0 Å². The molecule has 4 aromatic rings. The van der Waals surface area contributed by atoms with E-state index in [2.05, 4.69) is 68.4 Å². The maximum absolute atomic E-state index is 15.3. The van der Waals surface area contributed by atoms with Gasteiger partial charge in [0.1, 0.15) is 11.6 Å². The van der Waals surface area contributed by atoms with E-state index in [1.807, 2.05) is 48.5 Å². The molecule has 0 spiro atoms. The van der Waals surface area contributed by atoms with Crippen LogP contribution >= 0.6 is 0 Å². The first-order valence-electron chi connectivity index (χ1n) is 15.6. The molecule has 2 aliphatic rings. The van der Waals surface area contributed by atoms with Gasteiger partial charge in [0.2, 0.25) is 11.9 Å². The van der Waals surface area contributed by atoms with Crippen LogP contribution in [0.2, 0.25) is 0 Å². The third-order valence-electron chi connectivity index (χ3n) is 8.37. The van der Waals surface area contributed by atoms with Gasteiger partial charge in [0.25, 0.3) is 0 Å². The van der Waals surface area contributed by atoms with E-state index in [1.165, 1.54) is 12.1 Å². The van der Waals surface area contributed by atoms with E-state index < -0.39 is 0 Å². The monoisotopic (exact) mass is 621 g/mol. The van der Waals surface area contributed by atoms with E-state index in [9.17, 15) is 4.79 Å². The van der Waals surface area contributed by atoms with Crippen LogP contribution in [0.25, 0.3) is 11.3 Å². The molecular weight excluding hydrogens is 581 g/mol. The van der Waals surface area contributed by atoms with Crippen molar-refractivity contribution in [1.82, 2.24) is 19.8 Å². The number of nitrogens with zero attached hydrogens (tertiary/aromatic N) is 6. The van der Waals surface area contributed by atoms with E-state index in [0.717, 1.165) is 69.3 Å². The Morgan fingerprint density at radius 3 is 2.15 bits per heavy atom. The Labute approximate surface area is 269 Å². The van der Waals surface area contributed by atoms with Crippen LogP contribution in [0.3, 0.4) is 0 Å². The maximum atomic E-state index is 15.3. The zero-order valence-corrected chi connectivity index (χ0v) is 26.3. The molecule has 0 atom stereocenters. The molecule has 0 saturated carbocycles. The summed E-state index contributed by atoms with van der Waals surface area (Å²) in [6.07, 6.45) is 1.23. The molecule has 0 radical (unpaired) electrons. The Hall–Kier alpha value is -5.00. The number of carbonyl (C=O) groups is 1. The average Bonchev–Trinajstić information content (AvgIpc) is 3.06. The number of anilines is 7. The number of hydrogen-bond acceptors (Lipinski definition) is 9. The van der Waals surface area contributed by atoms with Gasteiger partial charge in [0.05, 0.1) is 11.4 Å². The highest BCUT2D eigenvalue weighted by atomic mass is 19.1. The summed E-state index contributed by atoms with van der Waals surface area (Å²) < 4.78 is 15.3. The lowest BCUT2D eigenvalue weighted by Crippen LogP contribution is -2.44. The molecule has 2 saturated heterocycles. The van der Waals surface area contributed by atoms with E-state index in [-0.39, 0.29) is 11.7 Å². The molecule has 1 amide bonds. The molecule has 46 heavy (non-hydrogen) atoms. The third-order valence-corrected chi connectivity index (χ3v) is 8.37. The molecule has 2 aliphatic heterocycles. The van der Waals surface area contributed by atoms with Crippen molar-refractivity contribution in [1.29, 1.82) is 0 Å². The lowest BCUT2D eigenvalue weighted by molar-refractivity contribution is -0.111. The van der Waals surface area contributed by atoms with Crippen molar-refractivity contribution < 1.29 is 9.18 Å². The fourth-order valence-corrected chi connectivity index (χ4v) is 5.68. The predicted molar refractivity (Wildman–Crippen MR) is 185 cm³/mol. The van der Waals surface area contributed by atoms with Crippen LogP contribution in [-0.4, -0.2) is 92.1 Å². The first-order chi connectivity index (χ1) is 22.3. The third kappa shape index (κ3) is 7.61. The normalized spacial score (nSPS) is 15.8. The molecule has 10 nitrogen and oxygen atoms in total. The molecule has 0 bridgehead atoms. The van der Waals surface area contributed by atoms with Crippen LogP contribution in [0.15, 0.2) is 85.5 Å². The molecule has 3 heterocycles. The van der Waals surface area contributed by atoms with Crippen molar-refractivity contribution in [3.63, 3.8) is 0 Å². The minimum Gasteiger partial charge on any atom is -0.369 e. The summed E-state index contributed by atoms with van der Waals surface area (Å²) >= 11 is 0. The molecule has 11 heteroatoms. The Morgan fingerprint density at radius 1 is 0.761 bits per heavy atom. The largest absolute Gasteiger partial charge is 0.369 e. The van der Waals surface area contributed by atoms with Crippen molar-refractivity contribution in [2.45, 2.75) is 0 Å². The lowest BCUT2D eigenvalue weighted by atomic mass is 10.1. The molecule has 0 aliphatic carbocycles. The molecule has 2 fully saturated rings.